The van der Waals surface area contributed by atoms with Crippen LogP contribution in [-0.4, -0.2) is 49.5 Å². The van der Waals surface area contributed by atoms with Crippen LogP contribution in [0.1, 0.15) is 32.3 Å². The number of hydrogen-bond donors (Lipinski definition) is 0. The molecule has 3 heterocycles. The number of aromatic nitrogens is 6. The highest BCUT2D eigenvalue weighted by Gasteiger charge is 2.28. The zero-order chi connectivity index (χ0) is 28.3. The summed E-state index contributed by atoms with van der Waals surface area (Å²) in [5.41, 5.74) is 5.15. The molecule has 0 saturated heterocycles. The summed E-state index contributed by atoms with van der Waals surface area (Å²) in [5.74, 6) is 8.43. The van der Waals surface area contributed by atoms with Gasteiger partial charge in [-0.3, -0.25) is 9.67 Å². The van der Waals surface area contributed by atoms with Crippen molar-refractivity contribution in [1.82, 2.24) is 29.7 Å². The van der Waals surface area contributed by atoms with Gasteiger partial charge in [0.05, 0.1) is 43.3 Å². The first kappa shape index (κ1) is 26.6. The molecule has 0 saturated carbocycles. The van der Waals surface area contributed by atoms with Gasteiger partial charge in [0.2, 0.25) is 5.82 Å². The van der Waals surface area contributed by atoms with E-state index in [2.05, 4.69) is 57.6 Å². The average molecular weight is 534 g/mol. The van der Waals surface area contributed by atoms with Gasteiger partial charge in [-0.15, -0.1) is 0 Å². The number of fused-ring (bicyclic) bond motifs is 1. The highest BCUT2D eigenvalue weighted by Crippen LogP contribution is 2.38. The first-order valence-corrected chi connectivity index (χ1v) is 12.9. The number of ether oxygens (including phenoxy) is 2. The Morgan fingerprint density at radius 2 is 1.68 bits per heavy atom. The largest absolute Gasteiger partial charge is 0.497 e. The van der Waals surface area contributed by atoms with E-state index < -0.39 is 5.54 Å². The molecule has 40 heavy (non-hydrogen) atoms. The summed E-state index contributed by atoms with van der Waals surface area (Å²) in [6.07, 6.45) is 8.03. The fourth-order valence-electron chi connectivity index (χ4n) is 4.47. The minimum Gasteiger partial charge on any atom is -0.497 e. The lowest BCUT2D eigenvalue weighted by Gasteiger charge is -2.37. The Morgan fingerprint density at radius 1 is 0.900 bits per heavy atom. The van der Waals surface area contributed by atoms with E-state index in [0.717, 1.165) is 45.8 Å². The highest BCUT2D eigenvalue weighted by molar-refractivity contribution is 5.83. The van der Waals surface area contributed by atoms with Crippen LogP contribution in [0.25, 0.3) is 22.3 Å². The van der Waals surface area contributed by atoms with E-state index in [-0.39, 0.29) is 0 Å². The van der Waals surface area contributed by atoms with Crippen molar-refractivity contribution in [3.05, 3.63) is 78.8 Å². The van der Waals surface area contributed by atoms with Crippen molar-refractivity contribution in [1.29, 1.82) is 0 Å². The number of benzene rings is 2. The smallest absolute Gasteiger partial charge is 0.205 e. The van der Waals surface area contributed by atoms with E-state index in [9.17, 15) is 0 Å². The second kappa shape index (κ2) is 11.0. The maximum Gasteiger partial charge on any atom is 0.205 e. The van der Waals surface area contributed by atoms with Gasteiger partial charge in [0.15, 0.2) is 0 Å². The third-order valence-electron chi connectivity index (χ3n) is 6.49. The minimum atomic E-state index is -0.703. The van der Waals surface area contributed by atoms with Crippen molar-refractivity contribution >= 4 is 22.4 Å². The normalized spacial score (nSPS) is 11.2. The Balaban J connectivity index is 1.66. The van der Waals surface area contributed by atoms with Crippen LogP contribution in [0.15, 0.2) is 67.3 Å². The van der Waals surface area contributed by atoms with Gasteiger partial charge >= 0.3 is 0 Å². The first-order valence-electron chi connectivity index (χ1n) is 12.9. The molecule has 0 aliphatic heterocycles. The third kappa shape index (κ3) is 5.57. The van der Waals surface area contributed by atoms with Gasteiger partial charge in [-0.25, -0.2) is 15.0 Å². The number of anilines is 2. The van der Waals surface area contributed by atoms with Gasteiger partial charge in [-0.1, -0.05) is 12.8 Å². The molecule has 0 aliphatic rings. The molecule has 0 N–H and O–H groups in total. The van der Waals surface area contributed by atoms with E-state index >= 15 is 0 Å². The van der Waals surface area contributed by atoms with E-state index in [1.165, 1.54) is 0 Å². The standard InChI is InChI=1S/C31H31N7O2/c1-7-22-11-13-32-30(35-22)10-12-31(2,3)38(24-14-25(39-5)17-26(15-24)40-6)23-8-9-27-28(16-23)36-29(19-33-27)21-18-34-37(4)20-21/h8-9,11,13-20H,7H2,1-6H3. The second-order valence-electron chi connectivity index (χ2n) is 9.77. The monoisotopic (exact) mass is 533 g/mol. The summed E-state index contributed by atoms with van der Waals surface area (Å²) in [6, 6.07) is 13.7. The number of methoxy groups -OCH3 is 2. The Kier molecular flexibility index (Phi) is 7.34. The van der Waals surface area contributed by atoms with Crippen LogP contribution in [0.2, 0.25) is 0 Å². The Bertz CT molecular complexity index is 1710. The zero-order valence-corrected chi connectivity index (χ0v) is 23.5. The number of hydrogen-bond acceptors (Lipinski definition) is 8. The van der Waals surface area contributed by atoms with Crippen LogP contribution in [0.3, 0.4) is 0 Å². The van der Waals surface area contributed by atoms with Gasteiger partial charge in [0.25, 0.3) is 0 Å². The van der Waals surface area contributed by atoms with Crippen molar-refractivity contribution in [3.63, 3.8) is 0 Å². The maximum absolute atomic E-state index is 5.59. The summed E-state index contributed by atoms with van der Waals surface area (Å²) in [4.78, 5) is 20.6. The van der Waals surface area contributed by atoms with Crippen LogP contribution in [-0.2, 0) is 13.5 Å². The molecule has 0 atom stereocenters. The predicted octanol–water partition coefficient (Wildman–Crippen LogP) is 5.37. The van der Waals surface area contributed by atoms with Crippen LogP contribution < -0.4 is 14.4 Å². The van der Waals surface area contributed by atoms with Crippen LogP contribution in [0.5, 0.6) is 11.5 Å². The molecule has 9 nitrogen and oxygen atoms in total. The third-order valence-corrected chi connectivity index (χ3v) is 6.49. The lowest BCUT2D eigenvalue weighted by molar-refractivity contribution is 0.394. The second-order valence-corrected chi connectivity index (χ2v) is 9.77. The lowest BCUT2D eigenvalue weighted by Crippen LogP contribution is -2.39. The molecular weight excluding hydrogens is 502 g/mol. The number of nitrogens with zero attached hydrogens (tertiary/aromatic N) is 7. The predicted molar refractivity (Wildman–Crippen MR) is 156 cm³/mol. The molecule has 0 aliphatic carbocycles. The highest BCUT2D eigenvalue weighted by atomic mass is 16.5. The number of aryl methyl sites for hydroxylation is 2. The van der Waals surface area contributed by atoms with E-state index in [0.29, 0.717) is 17.3 Å². The van der Waals surface area contributed by atoms with Crippen LogP contribution in [0, 0.1) is 11.8 Å². The van der Waals surface area contributed by atoms with Gasteiger partial charge < -0.3 is 14.4 Å². The molecule has 0 radical (unpaired) electrons. The minimum absolute atomic E-state index is 0.487. The van der Waals surface area contributed by atoms with Crippen molar-refractivity contribution < 1.29 is 9.47 Å². The summed E-state index contributed by atoms with van der Waals surface area (Å²) in [7, 11) is 5.15. The SMILES string of the molecule is CCc1ccnc(C#CC(C)(C)N(c2cc(OC)cc(OC)c2)c2ccc3ncc(-c4cnn(C)c4)nc3c2)n1. The van der Waals surface area contributed by atoms with Gasteiger partial charge in [0.1, 0.15) is 17.0 Å². The maximum atomic E-state index is 5.59. The molecule has 0 fully saturated rings. The molecule has 2 aromatic carbocycles. The van der Waals surface area contributed by atoms with E-state index in [1.807, 2.05) is 55.7 Å². The fraction of sp³-hybridized carbons (Fsp3) is 0.258. The molecule has 0 bridgehead atoms. The van der Waals surface area contributed by atoms with Crippen molar-refractivity contribution in [2.75, 3.05) is 19.1 Å². The molecule has 5 rings (SSSR count). The topological polar surface area (TPSA) is 91.1 Å². The van der Waals surface area contributed by atoms with E-state index in [1.54, 1.807) is 37.5 Å². The van der Waals surface area contributed by atoms with Crippen LogP contribution in [0.4, 0.5) is 11.4 Å². The summed E-state index contributed by atoms with van der Waals surface area (Å²) < 4.78 is 12.9. The summed E-state index contributed by atoms with van der Waals surface area (Å²) in [6.45, 7) is 6.17. The van der Waals surface area contributed by atoms with Crippen molar-refractivity contribution in [2.24, 2.45) is 7.05 Å². The molecule has 9 heteroatoms. The summed E-state index contributed by atoms with van der Waals surface area (Å²) >= 11 is 0. The average Bonchev–Trinajstić information content (AvgIpc) is 3.41. The molecule has 5 aromatic rings. The molecule has 0 amide bonds. The van der Waals surface area contributed by atoms with Crippen LogP contribution >= 0.6 is 0 Å². The molecule has 0 unspecified atom stereocenters. The van der Waals surface area contributed by atoms with Gasteiger partial charge in [-0.2, -0.15) is 5.10 Å². The molecular formula is C31H31N7O2. The Hall–Kier alpha value is -4.97. The Morgan fingerprint density at radius 3 is 2.35 bits per heavy atom. The summed E-state index contributed by atoms with van der Waals surface area (Å²) in [5, 5.41) is 4.27. The van der Waals surface area contributed by atoms with Gasteiger partial charge in [-0.05, 0) is 50.5 Å². The first-order chi connectivity index (χ1) is 19.3. The van der Waals surface area contributed by atoms with Crippen molar-refractivity contribution in [3.8, 4) is 34.6 Å². The lowest BCUT2D eigenvalue weighted by atomic mass is 10.00. The zero-order valence-electron chi connectivity index (χ0n) is 23.5. The van der Waals surface area contributed by atoms with E-state index in [4.69, 9.17) is 14.5 Å². The fourth-order valence-corrected chi connectivity index (χ4v) is 4.47. The van der Waals surface area contributed by atoms with Crippen molar-refractivity contribution in [2.45, 2.75) is 32.7 Å². The molecule has 202 valence electrons. The molecule has 3 aromatic heterocycles. The number of rotatable bonds is 7. The quantitative estimate of drug-likeness (QED) is 0.258. The Labute approximate surface area is 233 Å². The molecule has 0 spiro atoms. The van der Waals surface area contributed by atoms with Gasteiger partial charge in [0, 0.05) is 60.3 Å².